The van der Waals surface area contributed by atoms with Crippen molar-refractivity contribution in [2.45, 2.75) is 52.4 Å². The highest BCUT2D eigenvalue weighted by Crippen LogP contribution is 2.04. The number of ether oxygens (including phenoxy) is 2. The molecule has 0 bridgehead atoms. The highest BCUT2D eigenvalue weighted by atomic mass is 16.6. The van der Waals surface area contributed by atoms with Gasteiger partial charge in [-0.25, -0.2) is 4.79 Å². The number of esters is 2. The zero-order valence-corrected chi connectivity index (χ0v) is 10.3. The van der Waals surface area contributed by atoms with Crippen molar-refractivity contribution >= 4 is 11.9 Å². The van der Waals surface area contributed by atoms with Crippen LogP contribution in [0.1, 0.15) is 52.4 Å². The van der Waals surface area contributed by atoms with Gasteiger partial charge >= 0.3 is 11.9 Å². The molecule has 4 heteroatoms. The number of hydrogen-bond donors (Lipinski definition) is 0. The van der Waals surface area contributed by atoms with Gasteiger partial charge in [-0.1, -0.05) is 39.0 Å². The summed E-state index contributed by atoms with van der Waals surface area (Å²) in [5, 5.41) is 0. The smallest absolute Gasteiger partial charge is 0.344 e. The monoisotopic (exact) mass is 230 g/mol. The predicted octanol–water partition coefficient (Wildman–Crippen LogP) is 2.45. The van der Waals surface area contributed by atoms with Gasteiger partial charge in [0.1, 0.15) is 0 Å². The van der Waals surface area contributed by atoms with Crippen molar-refractivity contribution in [2.24, 2.45) is 0 Å². The number of hydrogen-bond acceptors (Lipinski definition) is 4. The number of carbonyl (C=O) groups excluding carboxylic acids is 2. The van der Waals surface area contributed by atoms with Crippen molar-refractivity contribution in [3.05, 3.63) is 0 Å². The van der Waals surface area contributed by atoms with Crippen molar-refractivity contribution < 1.29 is 19.1 Å². The Kier molecular flexibility index (Phi) is 9.76. The Morgan fingerprint density at radius 1 is 0.938 bits per heavy atom. The second kappa shape index (κ2) is 10.5. The first-order chi connectivity index (χ1) is 7.66. The van der Waals surface area contributed by atoms with Crippen LogP contribution in [0.2, 0.25) is 0 Å². The maximum atomic E-state index is 11.0. The fraction of sp³-hybridized carbons (Fsp3) is 0.833. The summed E-state index contributed by atoms with van der Waals surface area (Å²) in [6.07, 6.45) is 6.91. The molecule has 0 spiro atoms. The van der Waals surface area contributed by atoms with Crippen LogP contribution in [0, 0.1) is 0 Å². The van der Waals surface area contributed by atoms with Gasteiger partial charge < -0.3 is 9.47 Å². The van der Waals surface area contributed by atoms with Crippen LogP contribution in [0.15, 0.2) is 0 Å². The van der Waals surface area contributed by atoms with Crippen molar-refractivity contribution in [2.75, 3.05) is 13.2 Å². The van der Waals surface area contributed by atoms with E-state index in [0.717, 1.165) is 12.8 Å². The molecule has 0 aromatic rings. The summed E-state index contributed by atoms with van der Waals surface area (Å²) in [6.45, 7) is 3.59. The van der Waals surface area contributed by atoms with Crippen molar-refractivity contribution in [3.63, 3.8) is 0 Å². The molecule has 0 saturated heterocycles. The molecule has 0 aliphatic heterocycles. The Hall–Kier alpha value is -1.06. The predicted molar refractivity (Wildman–Crippen MR) is 61.0 cm³/mol. The molecule has 0 atom stereocenters. The molecule has 0 aromatic carbocycles. The van der Waals surface area contributed by atoms with E-state index in [-0.39, 0.29) is 6.61 Å². The van der Waals surface area contributed by atoms with Gasteiger partial charge in [-0.05, 0) is 6.42 Å². The topological polar surface area (TPSA) is 52.6 Å². The Morgan fingerprint density at radius 2 is 1.56 bits per heavy atom. The minimum absolute atomic E-state index is 0.273. The van der Waals surface area contributed by atoms with E-state index < -0.39 is 11.9 Å². The maximum Gasteiger partial charge on any atom is 0.344 e. The van der Waals surface area contributed by atoms with E-state index in [9.17, 15) is 9.59 Å². The van der Waals surface area contributed by atoms with E-state index in [2.05, 4.69) is 11.7 Å². The van der Waals surface area contributed by atoms with Crippen LogP contribution in [0.4, 0.5) is 0 Å². The van der Waals surface area contributed by atoms with E-state index in [1.165, 1.54) is 32.6 Å². The second-order valence-electron chi connectivity index (χ2n) is 3.77. The third kappa shape index (κ3) is 11.0. The number of carbonyl (C=O) groups is 2. The van der Waals surface area contributed by atoms with Gasteiger partial charge in [-0.15, -0.1) is 0 Å². The van der Waals surface area contributed by atoms with Crippen LogP contribution in [0.25, 0.3) is 0 Å². The highest BCUT2D eigenvalue weighted by Gasteiger charge is 2.04. The first kappa shape index (κ1) is 14.9. The molecule has 0 aliphatic rings. The van der Waals surface area contributed by atoms with Gasteiger partial charge in [-0.3, -0.25) is 4.79 Å². The molecule has 0 rings (SSSR count). The number of rotatable bonds is 9. The first-order valence-corrected chi connectivity index (χ1v) is 5.95. The zero-order valence-electron chi connectivity index (χ0n) is 10.3. The molecule has 0 amide bonds. The quantitative estimate of drug-likeness (QED) is 0.451. The SMILES string of the molecule is CCCCCCCCOC(=O)COC(C)=O. The standard InChI is InChI=1S/C12H22O4/c1-3-4-5-6-7-8-9-15-12(14)10-16-11(2)13/h3-10H2,1-2H3. The Bertz CT molecular complexity index is 201. The van der Waals surface area contributed by atoms with Gasteiger partial charge in [0.15, 0.2) is 6.61 Å². The van der Waals surface area contributed by atoms with Gasteiger partial charge in [0.05, 0.1) is 6.61 Å². The second-order valence-corrected chi connectivity index (χ2v) is 3.77. The average Bonchev–Trinajstić information content (AvgIpc) is 2.25. The van der Waals surface area contributed by atoms with E-state index in [4.69, 9.17) is 4.74 Å². The van der Waals surface area contributed by atoms with Gasteiger partial charge in [0, 0.05) is 6.92 Å². The number of unbranched alkanes of at least 4 members (excludes halogenated alkanes) is 5. The average molecular weight is 230 g/mol. The van der Waals surface area contributed by atoms with E-state index in [0.29, 0.717) is 6.61 Å². The molecule has 16 heavy (non-hydrogen) atoms. The molecule has 0 aliphatic carbocycles. The lowest BCUT2D eigenvalue weighted by atomic mass is 10.1. The maximum absolute atomic E-state index is 11.0. The lowest BCUT2D eigenvalue weighted by Crippen LogP contribution is -2.15. The third-order valence-corrected chi connectivity index (χ3v) is 2.15. The molecule has 94 valence electrons. The minimum atomic E-state index is -0.469. The van der Waals surface area contributed by atoms with Crippen LogP contribution in [0.3, 0.4) is 0 Å². The molecular formula is C12H22O4. The van der Waals surface area contributed by atoms with Crippen LogP contribution < -0.4 is 0 Å². The lowest BCUT2D eigenvalue weighted by molar-refractivity contribution is -0.157. The summed E-state index contributed by atoms with van der Waals surface area (Å²) in [7, 11) is 0. The fourth-order valence-electron chi connectivity index (χ4n) is 1.27. The van der Waals surface area contributed by atoms with E-state index in [1.54, 1.807) is 0 Å². The van der Waals surface area contributed by atoms with Crippen LogP contribution in [0.5, 0.6) is 0 Å². The molecule has 4 nitrogen and oxygen atoms in total. The zero-order chi connectivity index (χ0) is 12.2. The summed E-state index contributed by atoms with van der Waals surface area (Å²) in [6, 6.07) is 0. The molecule has 0 unspecified atom stereocenters. The molecule has 0 N–H and O–H groups in total. The largest absolute Gasteiger partial charge is 0.463 e. The Balaban J connectivity index is 3.18. The van der Waals surface area contributed by atoms with Crippen LogP contribution >= 0.6 is 0 Å². The Morgan fingerprint density at radius 3 is 2.19 bits per heavy atom. The van der Waals surface area contributed by atoms with E-state index >= 15 is 0 Å². The normalized spacial score (nSPS) is 9.88. The molecule has 0 fully saturated rings. The van der Waals surface area contributed by atoms with Crippen molar-refractivity contribution in [1.82, 2.24) is 0 Å². The molecular weight excluding hydrogens is 208 g/mol. The summed E-state index contributed by atoms with van der Waals surface area (Å²) >= 11 is 0. The first-order valence-electron chi connectivity index (χ1n) is 5.95. The van der Waals surface area contributed by atoms with Crippen molar-refractivity contribution in [1.29, 1.82) is 0 Å². The molecule has 0 radical (unpaired) electrons. The molecule has 0 heterocycles. The van der Waals surface area contributed by atoms with Crippen LogP contribution in [-0.2, 0) is 19.1 Å². The molecule has 0 saturated carbocycles. The van der Waals surface area contributed by atoms with Gasteiger partial charge in [0.2, 0.25) is 0 Å². The van der Waals surface area contributed by atoms with Gasteiger partial charge in [0.25, 0.3) is 0 Å². The van der Waals surface area contributed by atoms with Gasteiger partial charge in [-0.2, -0.15) is 0 Å². The summed E-state index contributed by atoms with van der Waals surface area (Å²) in [4.78, 5) is 21.4. The van der Waals surface area contributed by atoms with E-state index in [1.807, 2.05) is 0 Å². The molecule has 0 aromatic heterocycles. The Labute approximate surface area is 97.3 Å². The summed E-state index contributed by atoms with van der Waals surface area (Å²) in [5.41, 5.74) is 0. The summed E-state index contributed by atoms with van der Waals surface area (Å²) in [5.74, 6) is -0.930. The van der Waals surface area contributed by atoms with Crippen molar-refractivity contribution in [3.8, 4) is 0 Å². The lowest BCUT2D eigenvalue weighted by Gasteiger charge is -2.04. The third-order valence-electron chi connectivity index (χ3n) is 2.15. The minimum Gasteiger partial charge on any atom is -0.463 e. The highest BCUT2D eigenvalue weighted by molar-refractivity contribution is 5.75. The van der Waals surface area contributed by atoms with Crippen LogP contribution in [-0.4, -0.2) is 25.2 Å². The summed E-state index contributed by atoms with van der Waals surface area (Å²) < 4.78 is 9.38. The fourth-order valence-corrected chi connectivity index (χ4v) is 1.27.